The number of hydrogen-bond donors (Lipinski definition) is 4. The Kier molecular flexibility index (Phi) is 3.90. The molecule has 19 heavy (non-hydrogen) atoms. The fourth-order valence-electron chi connectivity index (χ4n) is 1.43. The molecule has 1 heterocycles. The molecule has 4 N–H and O–H groups in total. The summed E-state index contributed by atoms with van der Waals surface area (Å²) < 4.78 is 0. The van der Waals surface area contributed by atoms with E-state index >= 15 is 0 Å². The molecule has 0 aliphatic rings. The van der Waals surface area contributed by atoms with Gasteiger partial charge >= 0.3 is 17.6 Å². The van der Waals surface area contributed by atoms with Crippen LogP contribution in [0.5, 0.6) is 0 Å². The van der Waals surface area contributed by atoms with Gasteiger partial charge in [-0.05, 0) is 6.92 Å². The van der Waals surface area contributed by atoms with Crippen LogP contribution in [0.4, 0.5) is 5.69 Å². The fourth-order valence-corrected chi connectivity index (χ4v) is 1.43. The van der Waals surface area contributed by atoms with Crippen LogP contribution in [-0.4, -0.2) is 39.2 Å². The maximum absolute atomic E-state index is 11.5. The predicted molar refractivity (Wildman–Crippen MR) is 64.1 cm³/mol. The molecule has 0 aliphatic heterocycles. The Labute approximate surface area is 105 Å². The first-order valence-corrected chi connectivity index (χ1v) is 4.99. The van der Waals surface area contributed by atoms with Gasteiger partial charge in [-0.3, -0.25) is 9.78 Å². The molecule has 0 bridgehead atoms. The van der Waals surface area contributed by atoms with Gasteiger partial charge in [-0.25, -0.2) is 14.4 Å². The monoisotopic (exact) mass is 269 g/mol. The standard InChI is InChI=1S/C10H11N3O6/c1-4(8(15)16)6(9(17)18)13(2)5-3-11-10(19)12-7(5)14/h3H,1-2H3,(H,15,16)(H,17,18)(H2,11,12,14,19). The van der Waals surface area contributed by atoms with Crippen molar-refractivity contribution >= 4 is 17.6 Å². The number of hydrogen-bond acceptors (Lipinski definition) is 5. The number of aliphatic carboxylic acids is 2. The first-order valence-electron chi connectivity index (χ1n) is 4.99. The molecular formula is C10H11N3O6. The molecule has 9 heteroatoms. The van der Waals surface area contributed by atoms with Crippen LogP contribution in [0.3, 0.4) is 0 Å². The summed E-state index contributed by atoms with van der Waals surface area (Å²) in [5.41, 5.74) is -2.80. The average Bonchev–Trinajstić information content (AvgIpc) is 2.27. The Morgan fingerprint density at radius 3 is 2.21 bits per heavy atom. The fraction of sp³-hybridized carbons (Fsp3) is 0.200. The van der Waals surface area contributed by atoms with E-state index in [9.17, 15) is 19.2 Å². The predicted octanol–water partition coefficient (Wildman–Crippen LogP) is -1.06. The summed E-state index contributed by atoms with van der Waals surface area (Å²) in [6, 6.07) is 0. The van der Waals surface area contributed by atoms with Crippen LogP contribution in [0.1, 0.15) is 6.92 Å². The normalized spacial score (nSPS) is 11.7. The van der Waals surface area contributed by atoms with Gasteiger partial charge in [0.25, 0.3) is 5.56 Å². The molecular weight excluding hydrogens is 258 g/mol. The highest BCUT2D eigenvalue weighted by atomic mass is 16.4. The topological polar surface area (TPSA) is 144 Å². The van der Waals surface area contributed by atoms with Crippen LogP contribution in [0.25, 0.3) is 0 Å². The van der Waals surface area contributed by atoms with Crippen LogP contribution in [0.2, 0.25) is 0 Å². The van der Waals surface area contributed by atoms with Crippen molar-refractivity contribution in [1.82, 2.24) is 9.97 Å². The Bertz CT molecular complexity index is 668. The van der Waals surface area contributed by atoms with E-state index < -0.39 is 34.5 Å². The van der Waals surface area contributed by atoms with Crippen molar-refractivity contribution in [3.63, 3.8) is 0 Å². The molecule has 9 nitrogen and oxygen atoms in total. The molecule has 1 rings (SSSR count). The van der Waals surface area contributed by atoms with Crippen LogP contribution in [-0.2, 0) is 9.59 Å². The lowest BCUT2D eigenvalue weighted by Gasteiger charge is -2.19. The van der Waals surface area contributed by atoms with Gasteiger partial charge in [0.15, 0.2) is 0 Å². The Morgan fingerprint density at radius 1 is 1.21 bits per heavy atom. The van der Waals surface area contributed by atoms with E-state index in [4.69, 9.17) is 10.2 Å². The van der Waals surface area contributed by atoms with Gasteiger partial charge in [0, 0.05) is 13.2 Å². The van der Waals surface area contributed by atoms with Gasteiger partial charge in [0.2, 0.25) is 0 Å². The summed E-state index contributed by atoms with van der Waals surface area (Å²) in [7, 11) is 1.21. The molecule has 0 amide bonds. The van der Waals surface area contributed by atoms with Crippen molar-refractivity contribution in [3.05, 3.63) is 38.3 Å². The van der Waals surface area contributed by atoms with Gasteiger partial charge in [-0.2, -0.15) is 0 Å². The molecule has 1 aromatic rings. The van der Waals surface area contributed by atoms with E-state index in [1.54, 1.807) is 0 Å². The number of anilines is 1. The zero-order chi connectivity index (χ0) is 14.7. The maximum Gasteiger partial charge on any atom is 0.353 e. The van der Waals surface area contributed by atoms with E-state index in [0.717, 1.165) is 18.0 Å². The number of likely N-dealkylation sites (N-methyl/N-ethyl adjacent to an activating group) is 1. The second-order valence-electron chi connectivity index (χ2n) is 3.60. The highest BCUT2D eigenvalue weighted by molar-refractivity contribution is 6.00. The second-order valence-corrected chi connectivity index (χ2v) is 3.60. The number of carboxylic acid groups (broad SMARTS) is 2. The van der Waals surface area contributed by atoms with E-state index in [-0.39, 0.29) is 5.69 Å². The minimum Gasteiger partial charge on any atom is -0.478 e. The molecule has 102 valence electrons. The quantitative estimate of drug-likeness (QED) is 0.510. The molecule has 1 aromatic heterocycles. The minimum atomic E-state index is -1.51. The SMILES string of the molecule is CC(C(=O)O)=C(C(=O)O)N(C)c1c[nH]c(=O)[nH]c1=O. The van der Waals surface area contributed by atoms with Crippen LogP contribution < -0.4 is 16.1 Å². The Morgan fingerprint density at radius 2 is 1.79 bits per heavy atom. The zero-order valence-electron chi connectivity index (χ0n) is 10.1. The molecule has 0 unspecified atom stereocenters. The molecule has 0 saturated heterocycles. The third kappa shape index (κ3) is 2.89. The number of aromatic amines is 2. The molecule has 0 spiro atoms. The van der Waals surface area contributed by atoms with Crippen molar-refractivity contribution in [3.8, 4) is 0 Å². The van der Waals surface area contributed by atoms with Gasteiger partial charge < -0.3 is 20.1 Å². The first kappa shape index (κ1) is 14.2. The summed E-state index contributed by atoms with van der Waals surface area (Å²) in [6.07, 6.45) is 0.999. The van der Waals surface area contributed by atoms with Crippen molar-refractivity contribution < 1.29 is 19.8 Å². The lowest BCUT2D eigenvalue weighted by molar-refractivity contribution is -0.135. The van der Waals surface area contributed by atoms with Crippen LogP contribution in [0, 0.1) is 0 Å². The Hall–Kier alpha value is -2.84. The maximum atomic E-state index is 11.5. The van der Waals surface area contributed by atoms with Crippen LogP contribution >= 0.6 is 0 Å². The number of aromatic nitrogens is 2. The molecule has 0 aliphatic carbocycles. The second kappa shape index (κ2) is 5.21. The van der Waals surface area contributed by atoms with Gasteiger partial charge in [-0.15, -0.1) is 0 Å². The van der Waals surface area contributed by atoms with Crippen molar-refractivity contribution in [2.45, 2.75) is 6.92 Å². The minimum absolute atomic E-state index is 0.197. The summed E-state index contributed by atoms with van der Waals surface area (Å²) in [4.78, 5) is 49.3. The van der Waals surface area contributed by atoms with Crippen LogP contribution in [0.15, 0.2) is 27.1 Å². The number of nitrogens with zero attached hydrogens (tertiary/aromatic N) is 1. The summed E-state index contributed by atoms with van der Waals surface area (Å²) >= 11 is 0. The van der Waals surface area contributed by atoms with E-state index in [2.05, 4.69) is 4.98 Å². The third-order valence-corrected chi connectivity index (χ3v) is 2.38. The number of carboxylic acids is 2. The summed E-state index contributed by atoms with van der Waals surface area (Å²) in [5.74, 6) is -2.93. The van der Waals surface area contributed by atoms with Crippen molar-refractivity contribution in [2.24, 2.45) is 0 Å². The summed E-state index contributed by atoms with van der Waals surface area (Å²) in [6.45, 7) is 1.10. The van der Waals surface area contributed by atoms with Crippen molar-refractivity contribution in [1.29, 1.82) is 0 Å². The molecule has 0 fully saturated rings. The number of rotatable bonds is 4. The van der Waals surface area contributed by atoms with Crippen molar-refractivity contribution in [2.75, 3.05) is 11.9 Å². The smallest absolute Gasteiger partial charge is 0.353 e. The zero-order valence-corrected chi connectivity index (χ0v) is 10.1. The molecule has 0 atom stereocenters. The third-order valence-electron chi connectivity index (χ3n) is 2.38. The number of H-pyrrole nitrogens is 2. The van der Waals surface area contributed by atoms with Gasteiger partial charge in [-0.1, -0.05) is 0 Å². The van der Waals surface area contributed by atoms with Gasteiger partial charge in [0.05, 0.1) is 5.57 Å². The Balaban J connectivity index is 3.45. The van der Waals surface area contributed by atoms with E-state index in [1.807, 2.05) is 4.98 Å². The molecule has 0 radical (unpaired) electrons. The largest absolute Gasteiger partial charge is 0.478 e. The first-order chi connectivity index (χ1) is 8.75. The number of nitrogens with one attached hydrogen (secondary N) is 2. The molecule has 0 aromatic carbocycles. The highest BCUT2D eigenvalue weighted by Gasteiger charge is 2.23. The molecule has 0 saturated carbocycles. The van der Waals surface area contributed by atoms with E-state index in [0.29, 0.717) is 0 Å². The van der Waals surface area contributed by atoms with Gasteiger partial charge in [0.1, 0.15) is 11.4 Å². The highest BCUT2D eigenvalue weighted by Crippen LogP contribution is 2.15. The average molecular weight is 269 g/mol. The van der Waals surface area contributed by atoms with E-state index in [1.165, 1.54) is 7.05 Å². The number of carbonyl (C=O) groups is 2. The lowest BCUT2D eigenvalue weighted by Crippen LogP contribution is -2.33. The lowest BCUT2D eigenvalue weighted by atomic mass is 10.2. The summed E-state index contributed by atoms with van der Waals surface area (Å²) in [5, 5.41) is 17.8.